The van der Waals surface area contributed by atoms with Crippen LogP contribution >= 0.6 is 11.8 Å². The van der Waals surface area contributed by atoms with E-state index in [1.54, 1.807) is 30.0 Å². The third kappa shape index (κ3) is 4.36. The van der Waals surface area contributed by atoms with Gasteiger partial charge in [0.05, 0.1) is 16.9 Å². The largest absolute Gasteiger partial charge is 0.369 e. The summed E-state index contributed by atoms with van der Waals surface area (Å²) in [6.45, 7) is 5.54. The lowest BCUT2D eigenvalue weighted by Crippen LogP contribution is -2.19. The predicted octanol–water partition coefficient (Wildman–Crippen LogP) is 5.58. The monoisotopic (exact) mass is 425 g/mol. The highest BCUT2D eigenvalue weighted by Crippen LogP contribution is 2.30. The maximum Gasteiger partial charge on any atom is 0.256 e. The van der Waals surface area contributed by atoms with Crippen LogP contribution in [-0.2, 0) is 5.75 Å². The molecule has 0 bridgehead atoms. The van der Waals surface area contributed by atoms with Crippen LogP contribution in [-0.4, -0.2) is 24.2 Å². The summed E-state index contributed by atoms with van der Waals surface area (Å²) >= 11 is 1.55. The number of hydrogen-bond acceptors (Lipinski definition) is 5. The van der Waals surface area contributed by atoms with Crippen LogP contribution in [0.2, 0.25) is 0 Å². The van der Waals surface area contributed by atoms with Crippen molar-refractivity contribution in [2.24, 2.45) is 0 Å². The number of amides is 1. The molecule has 1 N–H and O–H groups in total. The lowest BCUT2D eigenvalue weighted by atomic mass is 10.2. The van der Waals surface area contributed by atoms with E-state index in [-0.39, 0.29) is 11.7 Å². The molecule has 0 spiro atoms. The summed E-state index contributed by atoms with van der Waals surface area (Å²) in [5.74, 6) is 0.876. The minimum absolute atomic E-state index is 0.259. The topological polar surface area (TPSA) is 58.4 Å². The average molecular weight is 426 g/mol. The van der Waals surface area contributed by atoms with Crippen molar-refractivity contribution in [3.63, 3.8) is 0 Å². The zero-order valence-electron chi connectivity index (χ0n) is 17.1. The second-order valence-corrected chi connectivity index (χ2v) is 8.42. The molecule has 0 aliphatic carbocycles. The number of carbonyl (C=O) groups excluding carboxylic acids is 1. The van der Waals surface area contributed by atoms with Crippen molar-refractivity contribution in [3.8, 4) is 0 Å². The number of nitrogens with one attached hydrogen (secondary N) is 1. The number of aromatic nitrogens is 1. The molecule has 30 heavy (non-hydrogen) atoms. The van der Waals surface area contributed by atoms with Crippen LogP contribution in [0.3, 0.4) is 0 Å². The zero-order valence-corrected chi connectivity index (χ0v) is 17.9. The molecule has 0 radical (unpaired) electrons. The van der Waals surface area contributed by atoms with Crippen molar-refractivity contribution in [3.05, 3.63) is 70.9 Å². The predicted molar refractivity (Wildman–Crippen MR) is 118 cm³/mol. The van der Waals surface area contributed by atoms with Gasteiger partial charge >= 0.3 is 0 Å². The van der Waals surface area contributed by atoms with Gasteiger partial charge in [-0.15, -0.1) is 11.8 Å². The van der Waals surface area contributed by atoms with E-state index in [0.717, 1.165) is 47.8 Å². The van der Waals surface area contributed by atoms with Crippen LogP contribution in [0, 0.1) is 19.7 Å². The van der Waals surface area contributed by atoms with E-state index >= 15 is 0 Å². The first kappa shape index (κ1) is 20.5. The third-order valence-corrected chi connectivity index (χ3v) is 6.44. The minimum Gasteiger partial charge on any atom is -0.369 e. The summed E-state index contributed by atoms with van der Waals surface area (Å²) in [5, 5.41) is 6.81. The Hall–Kier alpha value is -2.80. The molecule has 1 aromatic heterocycles. The quantitative estimate of drug-likeness (QED) is 0.523. The molecule has 0 unspecified atom stereocenters. The first-order chi connectivity index (χ1) is 14.5. The Balaban J connectivity index is 1.48. The molecule has 4 rings (SSSR count). The Morgan fingerprint density at radius 3 is 2.67 bits per heavy atom. The Kier molecular flexibility index (Phi) is 6.08. The number of halogens is 1. The van der Waals surface area contributed by atoms with Crippen molar-refractivity contribution in [1.29, 1.82) is 0 Å². The van der Waals surface area contributed by atoms with E-state index in [2.05, 4.69) is 10.5 Å². The number of hydrogen-bond donors (Lipinski definition) is 1. The Morgan fingerprint density at radius 2 is 1.97 bits per heavy atom. The summed E-state index contributed by atoms with van der Waals surface area (Å²) in [4.78, 5) is 15.8. The molecule has 1 aliphatic heterocycles. The van der Waals surface area contributed by atoms with Gasteiger partial charge < -0.3 is 14.7 Å². The average Bonchev–Trinajstić information content (AvgIpc) is 3.37. The van der Waals surface area contributed by atoms with Gasteiger partial charge in [0, 0.05) is 35.0 Å². The minimum atomic E-state index is -0.309. The maximum absolute atomic E-state index is 14.6. The van der Waals surface area contributed by atoms with E-state index in [0.29, 0.717) is 22.7 Å². The fraction of sp³-hybridized carbons (Fsp3) is 0.304. The van der Waals surface area contributed by atoms with Crippen LogP contribution < -0.4 is 10.2 Å². The van der Waals surface area contributed by atoms with Gasteiger partial charge in [-0.2, -0.15) is 0 Å². The fourth-order valence-electron chi connectivity index (χ4n) is 3.64. The van der Waals surface area contributed by atoms with Crippen molar-refractivity contribution in [2.45, 2.75) is 37.3 Å². The molecule has 5 nitrogen and oxygen atoms in total. The zero-order chi connectivity index (χ0) is 21.1. The van der Waals surface area contributed by atoms with Crippen LogP contribution in [0.25, 0.3) is 0 Å². The second-order valence-electron chi connectivity index (χ2n) is 7.40. The van der Waals surface area contributed by atoms with E-state index in [1.165, 1.54) is 6.07 Å². The molecule has 7 heteroatoms. The van der Waals surface area contributed by atoms with Gasteiger partial charge in [0.1, 0.15) is 11.6 Å². The molecule has 1 amide bonds. The molecule has 1 saturated heterocycles. The summed E-state index contributed by atoms with van der Waals surface area (Å²) in [6, 6.07) is 12.3. The van der Waals surface area contributed by atoms with Crippen LogP contribution in [0.1, 0.15) is 40.2 Å². The molecular weight excluding hydrogens is 401 g/mol. The van der Waals surface area contributed by atoms with E-state index in [4.69, 9.17) is 4.52 Å². The van der Waals surface area contributed by atoms with Crippen molar-refractivity contribution < 1.29 is 13.7 Å². The molecule has 2 aromatic carbocycles. The number of thioether (sulfide) groups is 1. The second kappa shape index (κ2) is 8.92. The normalized spacial score (nSPS) is 13.6. The molecule has 0 atom stereocenters. The number of aryl methyl sites for hydroxylation is 2. The first-order valence-electron chi connectivity index (χ1n) is 10.0. The van der Waals surface area contributed by atoms with Gasteiger partial charge in [-0.05, 0) is 57.0 Å². The molecule has 0 saturated carbocycles. The Bertz CT molecular complexity index is 1040. The Morgan fingerprint density at radius 1 is 1.20 bits per heavy atom. The molecular formula is C23H24FN3O2S. The lowest BCUT2D eigenvalue weighted by molar-refractivity contribution is 0.102. The standard InChI is InChI=1S/C23H24FN3O2S/c1-15-19(16(2)29-26-15)14-30-22-8-4-3-7-18(22)23(28)25-17-9-10-21(20(24)13-17)27-11-5-6-12-27/h3-4,7-10,13H,5-6,11-12,14H2,1-2H3,(H,25,28). The van der Waals surface area contributed by atoms with Gasteiger partial charge in [-0.25, -0.2) is 4.39 Å². The van der Waals surface area contributed by atoms with E-state index < -0.39 is 0 Å². The third-order valence-electron chi connectivity index (χ3n) is 5.34. The van der Waals surface area contributed by atoms with Crippen LogP contribution in [0.4, 0.5) is 15.8 Å². The highest BCUT2D eigenvalue weighted by molar-refractivity contribution is 7.98. The SMILES string of the molecule is Cc1noc(C)c1CSc1ccccc1C(=O)Nc1ccc(N2CCCC2)c(F)c1. The fourth-order valence-corrected chi connectivity index (χ4v) is 4.84. The summed E-state index contributed by atoms with van der Waals surface area (Å²) < 4.78 is 19.8. The highest BCUT2D eigenvalue weighted by Gasteiger charge is 2.18. The molecule has 156 valence electrons. The molecule has 2 heterocycles. The summed E-state index contributed by atoms with van der Waals surface area (Å²) in [6.07, 6.45) is 2.17. The molecule has 1 aliphatic rings. The smallest absolute Gasteiger partial charge is 0.256 e. The summed E-state index contributed by atoms with van der Waals surface area (Å²) in [5.41, 5.74) is 3.50. The molecule has 3 aromatic rings. The highest BCUT2D eigenvalue weighted by atomic mass is 32.2. The lowest BCUT2D eigenvalue weighted by Gasteiger charge is -2.19. The van der Waals surface area contributed by atoms with Crippen molar-refractivity contribution in [2.75, 3.05) is 23.3 Å². The van der Waals surface area contributed by atoms with Crippen molar-refractivity contribution in [1.82, 2.24) is 5.16 Å². The number of anilines is 2. The van der Waals surface area contributed by atoms with Crippen LogP contribution in [0.15, 0.2) is 51.9 Å². The van der Waals surface area contributed by atoms with Gasteiger partial charge in [0.15, 0.2) is 0 Å². The Labute approximate surface area is 179 Å². The number of rotatable bonds is 6. The summed E-state index contributed by atoms with van der Waals surface area (Å²) in [7, 11) is 0. The van der Waals surface area contributed by atoms with Gasteiger partial charge in [0.25, 0.3) is 5.91 Å². The number of carbonyl (C=O) groups is 1. The number of benzene rings is 2. The van der Waals surface area contributed by atoms with Gasteiger partial charge in [0.2, 0.25) is 0 Å². The number of nitrogens with zero attached hydrogens (tertiary/aromatic N) is 2. The van der Waals surface area contributed by atoms with Gasteiger partial charge in [-0.3, -0.25) is 4.79 Å². The maximum atomic E-state index is 14.6. The van der Waals surface area contributed by atoms with Gasteiger partial charge in [-0.1, -0.05) is 17.3 Å². The first-order valence-corrected chi connectivity index (χ1v) is 11.0. The van der Waals surface area contributed by atoms with Crippen LogP contribution in [0.5, 0.6) is 0 Å². The van der Waals surface area contributed by atoms with E-state index in [1.807, 2.05) is 36.9 Å². The molecule has 1 fully saturated rings. The van der Waals surface area contributed by atoms with E-state index in [9.17, 15) is 9.18 Å². The van der Waals surface area contributed by atoms with Crippen molar-refractivity contribution >= 4 is 29.0 Å².